The van der Waals surface area contributed by atoms with E-state index in [0.717, 1.165) is 23.0 Å². The molecule has 148 valence electrons. The molecule has 2 nitrogen and oxygen atoms in total. The number of nitrogens with zero attached hydrogens (tertiary/aromatic N) is 1. The van der Waals surface area contributed by atoms with Crippen molar-refractivity contribution in [2.45, 2.75) is 51.0 Å². The van der Waals surface area contributed by atoms with Gasteiger partial charge in [-0.2, -0.15) is 0 Å². The van der Waals surface area contributed by atoms with Gasteiger partial charge in [0.25, 0.3) is 0 Å². The molecule has 2 aromatic carbocycles. The maximum absolute atomic E-state index is 10.9. The Morgan fingerprint density at radius 2 is 1.75 bits per heavy atom. The van der Waals surface area contributed by atoms with Crippen LogP contribution < -0.4 is 0 Å². The summed E-state index contributed by atoms with van der Waals surface area (Å²) in [6, 6.07) is 16.9. The second kappa shape index (κ2) is 9.92. The molecule has 0 spiro atoms. The molecular formula is C23H27Cl2NOZr. The van der Waals surface area contributed by atoms with Gasteiger partial charge >= 0.3 is 37.9 Å². The molecule has 2 aromatic rings. The molecule has 2 aliphatic rings. The number of para-hydroxylation sites is 1. The molecule has 2 bridgehead atoms. The van der Waals surface area contributed by atoms with Gasteiger partial charge in [0, 0.05) is 22.8 Å². The summed E-state index contributed by atoms with van der Waals surface area (Å²) in [4.78, 5) is 4.85. The maximum atomic E-state index is 10.9. The molecule has 0 saturated heterocycles. The number of benzene rings is 2. The minimum absolute atomic E-state index is 0.248. The van der Waals surface area contributed by atoms with Gasteiger partial charge in [0.1, 0.15) is 5.75 Å². The number of aliphatic imine (C=N–C) groups is 1. The molecule has 1 N–H and O–H groups in total. The summed E-state index contributed by atoms with van der Waals surface area (Å²) in [6.07, 6.45) is 7.22. The first kappa shape index (κ1) is 22.1. The molecule has 0 aliphatic heterocycles. The van der Waals surface area contributed by atoms with E-state index in [0.29, 0.717) is 11.8 Å². The van der Waals surface area contributed by atoms with Gasteiger partial charge in [0.2, 0.25) is 0 Å². The number of hydrogen-bond acceptors (Lipinski definition) is 2. The zero-order chi connectivity index (χ0) is 20.1. The van der Waals surface area contributed by atoms with E-state index in [1.165, 1.54) is 31.2 Å². The Morgan fingerprint density at radius 1 is 1.04 bits per heavy atom. The van der Waals surface area contributed by atoms with Crippen LogP contribution in [0.2, 0.25) is 0 Å². The van der Waals surface area contributed by atoms with E-state index in [-0.39, 0.29) is 5.41 Å². The van der Waals surface area contributed by atoms with Crippen LogP contribution in [0, 0.1) is 11.8 Å². The third kappa shape index (κ3) is 4.92. The van der Waals surface area contributed by atoms with Crippen LogP contribution in [-0.2, 0) is 26.3 Å². The average molecular weight is 496 g/mol. The van der Waals surface area contributed by atoms with Gasteiger partial charge in [-0.25, -0.2) is 0 Å². The fraction of sp³-hybridized carbons (Fsp3) is 0.435. The van der Waals surface area contributed by atoms with Crippen molar-refractivity contribution in [3.63, 3.8) is 0 Å². The summed E-state index contributed by atoms with van der Waals surface area (Å²) >= 11 is -0.826. The summed E-state index contributed by atoms with van der Waals surface area (Å²) < 4.78 is 0. The van der Waals surface area contributed by atoms with Crippen molar-refractivity contribution >= 4 is 23.2 Å². The van der Waals surface area contributed by atoms with Crippen molar-refractivity contribution in [1.82, 2.24) is 0 Å². The zero-order valence-corrected chi connectivity index (χ0v) is 20.4. The van der Waals surface area contributed by atoms with Crippen molar-refractivity contribution in [2.24, 2.45) is 16.8 Å². The van der Waals surface area contributed by atoms with E-state index in [1.54, 1.807) is 0 Å². The topological polar surface area (TPSA) is 32.6 Å². The molecule has 5 heteroatoms. The number of rotatable bonds is 4. The first-order chi connectivity index (χ1) is 13.5. The van der Waals surface area contributed by atoms with Gasteiger partial charge in [-0.15, -0.1) is 0 Å². The van der Waals surface area contributed by atoms with E-state index in [9.17, 15) is 5.11 Å². The standard InChI is InChI=1S/C23H27NO.2ClH.Zr/c1-23(2,19-8-4-3-5-9-19)20-10-6-7-18(22(20)25)15-24-21-14-16-11-12-17(21)13-16;;;/h3-10,15-17,21,25H,11-14H2,1-2H3;2*1H;/q;;;+2/p-2. The third-order valence-electron chi connectivity index (χ3n) is 6.34. The fourth-order valence-corrected chi connectivity index (χ4v) is 4.75. The third-order valence-corrected chi connectivity index (χ3v) is 6.34. The van der Waals surface area contributed by atoms with E-state index >= 15 is 0 Å². The van der Waals surface area contributed by atoms with Crippen LogP contribution in [0.4, 0.5) is 0 Å². The van der Waals surface area contributed by atoms with Crippen molar-refractivity contribution in [3.05, 3.63) is 65.2 Å². The van der Waals surface area contributed by atoms with Crippen LogP contribution in [0.1, 0.15) is 56.2 Å². The predicted octanol–water partition coefficient (Wildman–Crippen LogP) is 6.70. The summed E-state index contributed by atoms with van der Waals surface area (Å²) in [5.41, 5.74) is 2.74. The molecular weight excluding hydrogens is 468 g/mol. The van der Waals surface area contributed by atoms with E-state index in [1.807, 2.05) is 30.5 Å². The monoisotopic (exact) mass is 493 g/mol. The molecule has 3 atom stereocenters. The van der Waals surface area contributed by atoms with Gasteiger partial charge in [0.05, 0.1) is 6.04 Å². The van der Waals surface area contributed by atoms with Crippen LogP contribution in [0.5, 0.6) is 5.75 Å². The van der Waals surface area contributed by atoms with Crippen LogP contribution in [0.15, 0.2) is 53.5 Å². The average Bonchev–Trinajstić information content (AvgIpc) is 3.32. The van der Waals surface area contributed by atoms with Crippen LogP contribution in [0.25, 0.3) is 0 Å². The Kier molecular flexibility index (Phi) is 7.82. The number of phenolic OH excluding ortho intramolecular Hbond substituents is 1. The van der Waals surface area contributed by atoms with Crippen LogP contribution in [-0.4, -0.2) is 17.4 Å². The number of phenols is 1. The van der Waals surface area contributed by atoms with Crippen LogP contribution in [0.3, 0.4) is 0 Å². The molecule has 2 aliphatic carbocycles. The number of fused-ring (bicyclic) bond motifs is 2. The number of hydrogen-bond donors (Lipinski definition) is 1. The van der Waals surface area contributed by atoms with Crippen molar-refractivity contribution in [2.75, 3.05) is 0 Å². The molecule has 0 aromatic heterocycles. The van der Waals surface area contributed by atoms with Crippen molar-refractivity contribution in [3.8, 4) is 5.75 Å². The molecule has 28 heavy (non-hydrogen) atoms. The summed E-state index contributed by atoms with van der Waals surface area (Å²) in [5, 5.41) is 10.9. The minimum atomic E-state index is -0.826. The Morgan fingerprint density at radius 3 is 2.36 bits per heavy atom. The first-order valence-electron chi connectivity index (χ1n) is 9.84. The zero-order valence-electron chi connectivity index (χ0n) is 16.4. The Bertz CT molecular complexity index is 810. The molecule has 0 radical (unpaired) electrons. The quantitative estimate of drug-likeness (QED) is 0.470. The normalized spacial score (nSPS) is 23.5. The molecule has 2 saturated carbocycles. The molecule has 3 unspecified atom stereocenters. The summed E-state index contributed by atoms with van der Waals surface area (Å²) in [5.74, 6) is 2.03. The predicted molar refractivity (Wildman–Crippen MR) is 115 cm³/mol. The van der Waals surface area contributed by atoms with Crippen molar-refractivity contribution in [1.29, 1.82) is 0 Å². The van der Waals surface area contributed by atoms with E-state index in [2.05, 4.69) is 38.1 Å². The van der Waals surface area contributed by atoms with Gasteiger partial charge in [0.15, 0.2) is 0 Å². The number of aromatic hydroxyl groups is 1. The SMILES string of the molecule is CC(C)(c1ccccc1)c1cccc(C=NC2CC3CCC2C3)c1O.[Cl][Zr][Cl]. The van der Waals surface area contributed by atoms with E-state index < -0.39 is 20.8 Å². The first-order valence-corrected chi connectivity index (χ1v) is 16.2. The van der Waals surface area contributed by atoms with Gasteiger partial charge in [-0.1, -0.05) is 62.7 Å². The molecule has 0 heterocycles. The Labute approximate surface area is 187 Å². The van der Waals surface area contributed by atoms with E-state index in [4.69, 9.17) is 22.0 Å². The second-order valence-electron chi connectivity index (χ2n) is 8.33. The second-order valence-corrected chi connectivity index (χ2v) is 12.1. The van der Waals surface area contributed by atoms with Gasteiger partial charge < -0.3 is 5.11 Å². The number of halogens is 2. The molecule has 0 amide bonds. The Hall–Kier alpha value is -0.627. The summed E-state index contributed by atoms with van der Waals surface area (Å²) in [6.45, 7) is 4.32. The Balaban J connectivity index is 0.000000706. The summed E-state index contributed by atoms with van der Waals surface area (Å²) in [7, 11) is 9.87. The molecule has 4 rings (SSSR count). The van der Waals surface area contributed by atoms with Crippen molar-refractivity contribution < 1.29 is 26.0 Å². The van der Waals surface area contributed by atoms with Gasteiger partial charge in [-0.05, 0) is 42.7 Å². The van der Waals surface area contributed by atoms with Gasteiger partial charge in [-0.3, -0.25) is 4.99 Å². The molecule has 2 fully saturated rings. The van der Waals surface area contributed by atoms with Crippen LogP contribution >= 0.6 is 17.0 Å². The fourth-order valence-electron chi connectivity index (χ4n) is 4.75.